The van der Waals surface area contributed by atoms with Crippen LogP contribution in [0.1, 0.15) is 16.7 Å². The Morgan fingerprint density at radius 1 is 1.00 bits per heavy atom. The summed E-state index contributed by atoms with van der Waals surface area (Å²) in [6.45, 7) is 3.68. The smallest absolute Gasteiger partial charge is 0.335 e. The summed E-state index contributed by atoms with van der Waals surface area (Å²) in [5.74, 6) is -1.35. The number of amides is 5. The summed E-state index contributed by atoms with van der Waals surface area (Å²) in [6.07, 6.45) is 1.40. The SMILES string of the molecule is Cc1ccc(C)c(NC(=O)COc2ccc(/C=C3\C(=O)NC(=O)N(c4ccc(Br)cc4)C3=O)cc2)c1. The Kier molecular flexibility index (Phi) is 7.30. The van der Waals surface area contributed by atoms with E-state index in [9.17, 15) is 19.2 Å². The molecule has 0 saturated carbocycles. The van der Waals surface area contributed by atoms with Crippen molar-refractivity contribution in [3.63, 3.8) is 0 Å². The van der Waals surface area contributed by atoms with Crippen molar-refractivity contribution in [3.05, 3.63) is 93.5 Å². The molecule has 0 unspecified atom stereocenters. The summed E-state index contributed by atoms with van der Waals surface area (Å²) in [5.41, 5.74) is 3.42. The van der Waals surface area contributed by atoms with Crippen LogP contribution in [0.4, 0.5) is 16.2 Å². The first kappa shape index (κ1) is 24.9. The van der Waals surface area contributed by atoms with Crippen LogP contribution >= 0.6 is 15.9 Å². The number of carbonyl (C=O) groups is 4. The summed E-state index contributed by atoms with van der Waals surface area (Å²) in [5, 5.41) is 5.02. The molecular weight excluding hydrogens is 526 g/mol. The third-order valence-corrected chi connectivity index (χ3v) is 5.94. The van der Waals surface area contributed by atoms with Crippen LogP contribution in [0.2, 0.25) is 0 Å². The van der Waals surface area contributed by atoms with Crippen molar-refractivity contribution in [2.75, 3.05) is 16.8 Å². The zero-order chi connectivity index (χ0) is 25.8. The minimum atomic E-state index is -0.813. The number of nitrogens with zero attached hydrogens (tertiary/aromatic N) is 1. The molecule has 1 saturated heterocycles. The van der Waals surface area contributed by atoms with E-state index in [4.69, 9.17) is 4.74 Å². The number of rotatable bonds is 6. The first-order valence-electron chi connectivity index (χ1n) is 11.0. The van der Waals surface area contributed by atoms with Gasteiger partial charge in [0.25, 0.3) is 17.7 Å². The lowest BCUT2D eigenvalue weighted by molar-refractivity contribution is -0.122. The van der Waals surface area contributed by atoms with Gasteiger partial charge in [-0.3, -0.25) is 19.7 Å². The van der Waals surface area contributed by atoms with E-state index in [1.54, 1.807) is 48.5 Å². The van der Waals surface area contributed by atoms with Crippen LogP contribution in [-0.4, -0.2) is 30.4 Å². The zero-order valence-corrected chi connectivity index (χ0v) is 21.1. The quantitative estimate of drug-likeness (QED) is 0.342. The summed E-state index contributed by atoms with van der Waals surface area (Å²) >= 11 is 3.31. The monoisotopic (exact) mass is 547 g/mol. The van der Waals surface area contributed by atoms with Crippen LogP contribution in [0, 0.1) is 13.8 Å². The minimum absolute atomic E-state index is 0.181. The van der Waals surface area contributed by atoms with Gasteiger partial charge in [0.15, 0.2) is 6.61 Å². The molecule has 0 atom stereocenters. The molecule has 0 radical (unpaired) electrons. The van der Waals surface area contributed by atoms with Crippen LogP contribution in [-0.2, 0) is 14.4 Å². The third kappa shape index (κ3) is 5.69. The zero-order valence-electron chi connectivity index (χ0n) is 19.5. The highest BCUT2D eigenvalue weighted by Crippen LogP contribution is 2.24. The van der Waals surface area contributed by atoms with E-state index in [2.05, 4.69) is 26.6 Å². The van der Waals surface area contributed by atoms with Gasteiger partial charge in [-0.2, -0.15) is 0 Å². The normalized spacial score (nSPS) is 14.6. The number of benzene rings is 3. The number of hydrogen-bond acceptors (Lipinski definition) is 5. The largest absolute Gasteiger partial charge is 0.484 e. The number of nitrogens with one attached hydrogen (secondary N) is 2. The third-order valence-electron chi connectivity index (χ3n) is 5.41. The molecule has 0 aliphatic carbocycles. The van der Waals surface area contributed by atoms with Gasteiger partial charge in [0, 0.05) is 10.2 Å². The van der Waals surface area contributed by atoms with E-state index in [0.717, 1.165) is 26.2 Å². The fourth-order valence-electron chi connectivity index (χ4n) is 3.51. The summed E-state index contributed by atoms with van der Waals surface area (Å²) in [7, 11) is 0. The van der Waals surface area contributed by atoms with Crippen LogP contribution in [0.15, 0.2) is 76.8 Å². The predicted octanol–water partition coefficient (Wildman–Crippen LogP) is 4.75. The first-order chi connectivity index (χ1) is 17.2. The number of ether oxygens (including phenoxy) is 1. The Morgan fingerprint density at radius 2 is 1.69 bits per heavy atom. The predicted molar refractivity (Wildman–Crippen MR) is 140 cm³/mol. The van der Waals surface area contributed by atoms with Crippen molar-refractivity contribution in [3.8, 4) is 5.75 Å². The molecule has 5 amide bonds. The fourth-order valence-corrected chi connectivity index (χ4v) is 3.78. The molecule has 8 nitrogen and oxygen atoms in total. The van der Waals surface area contributed by atoms with E-state index in [0.29, 0.717) is 17.0 Å². The van der Waals surface area contributed by atoms with Gasteiger partial charge in [0.1, 0.15) is 11.3 Å². The Bertz CT molecular complexity index is 1380. The minimum Gasteiger partial charge on any atom is -0.484 e. The number of halogens is 1. The molecule has 9 heteroatoms. The van der Waals surface area contributed by atoms with Crippen molar-refractivity contribution in [2.24, 2.45) is 0 Å². The van der Waals surface area contributed by atoms with Crippen molar-refractivity contribution >= 4 is 57.1 Å². The number of urea groups is 1. The van der Waals surface area contributed by atoms with Gasteiger partial charge in [-0.05, 0) is 79.1 Å². The lowest BCUT2D eigenvalue weighted by Crippen LogP contribution is -2.54. The number of imide groups is 2. The summed E-state index contributed by atoms with van der Waals surface area (Å²) in [6, 6.07) is 18.1. The maximum absolute atomic E-state index is 13.0. The van der Waals surface area contributed by atoms with Crippen molar-refractivity contribution < 1.29 is 23.9 Å². The lowest BCUT2D eigenvalue weighted by Gasteiger charge is -2.26. The van der Waals surface area contributed by atoms with Crippen molar-refractivity contribution in [2.45, 2.75) is 13.8 Å². The van der Waals surface area contributed by atoms with E-state index in [-0.39, 0.29) is 18.1 Å². The van der Waals surface area contributed by atoms with Gasteiger partial charge in [-0.1, -0.05) is 40.2 Å². The first-order valence-corrected chi connectivity index (χ1v) is 11.8. The van der Waals surface area contributed by atoms with Gasteiger partial charge < -0.3 is 10.1 Å². The number of carbonyl (C=O) groups excluding carboxylic acids is 4. The summed E-state index contributed by atoms with van der Waals surface area (Å²) < 4.78 is 6.35. The number of anilines is 2. The molecule has 1 aliphatic heterocycles. The van der Waals surface area contributed by atoms with Gasteiger partial charge in [-0.25, -0.2) is 9.69 Å². The highest BCUT2D eigenvalue weighted by atomic mass is 79.9. The molecule has 4 rings (SSSR count). The molecule has 2 N–H and O–H groups in total. The average molecular weight is 548 g/mol. The van der Waals surface area contributed by atoms with E-state index in [1.165, 1.54) is 6.08 Å². The fraction of sp³-hybridized carbons (Fsp3) is 0.111. The highest BCUT2D eigenvalue weighted by molar-refractivity contribution is 9.10. The molecule has 1 aliphatic rings. The molecule has 1 fully saturated rings. The lowest BCUT2D eigenvalue weighted by atomic mass is 10.1. The molecule has 0 aromatic heterocycles. The second-order valence-electron chi connectivity index (χ2n) is 8.16. The molecular formula is C27H22BrN3O5. The standard InChI is InChI=1S/C27H22BrN3O5/c1-16-3-4-17(2)23(13-16)29-24(32)15-36-21-11-5-18(6-12-21)14-22-25(33)30-27(35)31(26(22)34)20-9-7-19(28)8-10-20/h3-14H,15H2,1-2H3,(H,29,32)(H,30,33,35)/b22-14+. The number of aryl methyl sites for hydroxylation is 2. The van der Waals surface area contributed by atoms with Gasteiger partial charge >= 0.3 is 6.03 Å². The van der Waals surface area contributed by atoms with Gasteiger partial charge in [0.2, 0.25) is 0 Å². The second kappa shape index (κ2) is 10.6. The van der Waals surface area contributed by atoms with Gasteiger partial charge in [-0.15, -0.1) is 0 Å². The van der Waals surface area contributed by atoms with Gasteiger partial charge in [0.05, 0.1) is 5.69 Å². The molecule has 3 aromatic carbocycles. The summed E-state index contributed by atoms with van der Waals surface area (Å²) in [4.78, 5) is 50.8. The topological polar surface area (TPSA) is 105 Å². The van der Waals surface area contributed by atoms with Crippen molar-refractivity contribution in [1.82, 2.24) is 5.32 Å². The maximum atomic E-state index is 13.0. The Balaban J connectivity index is 1.43. The number of hydrogen-bond donors (Lipinski definition) is 2. The second-order valence-corrected chi connectivity index (χ2v) is 9.07. The maximum Gasteiger partial charge on any atom is 0.335 e. The van der Waals surface area contributed by atoms with Crippen LogP contribution in [0.25, 0.3) is 6.08 Å². The van der Waals surface area contributed by atoms with Crippen LogP contribution in [0.5, 0.6) is 5.75 Å². The Hall–Kier alpha value is -4.24. The molecule has 0 bridgehead atoms. The van der Waals surface area contributed by atoms with E-state index >= 15 is 0 Å². The molecule has 182 valence electrons. The average Bonchev–Trinajstić information content (AvgIpc) is 2.84. The van der Waals surface area contributed by atoms with Crippen LogP contribution in [0.3, 0.4) is 0 Å². The number of barbiturate groups is 1. The Morgan fingerprint density at radius 3 is 2.39 bits per heavy atom. The van der Waals surface area contributed by atoms with E-state index < -0.39 is 17.8 Å². The molecule has 1 heterocycles. The molecule has 3 aromatic rings. The van der Waals surface area contributed by atoms with E-state index in [1.807, 2.05) is 32.0 Å². The molecule has 0 spiro atoms. The Labute approximate surface area is 216 Å². The van der Waals surface area contributed by atoms with Crippen molar-refractivity contribution in [1.29, 1.82) is 0 Å². The molecule has 36 heavy (non-hydrogen) atoms. The van der Waals surface area contributed by atoms with Crippen LogP contribution < -0.4 is 20.3 Å². The highest BCUT2D eigenvalue weighted by Gasteiger charge is 2.36.